The summed E-state index contributed by atoms with van der Waals surface area (Å²) in [5.41, 5.74) is 1.94. The summed E-state index contributed by atoms with van der Waals surface area (Å²) in [4.78, 5) is 25.3. The molecule has 0 spiro atoms. The van der Waals surface area contributed by atoms with Gasteiger partial charge in [-0.15, -0.1) is 0 Å². The number of aliphatic hydroxyl groups is 1. The SMILES string of the molecule is CCNC(=O)Nc1ncnc2c1nc(I)n2C1OC(COCCO)C2OC(C=Cc3ccccc3)OC21. The molecule has 5 unspecified atom stereocenters. The summed E-state index contributed by atoms with van der Waals surface area (Å²) in [6.45, 7) is 2.62. The number of imidazole rings is 1. The number of fused-ring (bicyclic) bond motifs is 2. The van der Waals surface area contributed by atoms with Gasteiger partial charge in [0, 0.05) is 29.1 Å². The Morgan fingerprint density at radius 3 is 2.81 bits per heavy atom. The summed E-state index contributed by atoms with van der Waals surface area (Å²) < 4.78 is 26.8. The van der Waals surface area contributed by atoms with E-state index < -0.39 is 30.8 Å². The number of anilines is 1. The van der Waals surface area contributed by atoms with Crippen LogP contribution in [0.2, 0.25) is 0 Å². The fourth-order valence-corrected chi connectivity index (χ4v) is 5.07. The zero-order valence-electron chi connectivity index (χ0n) is 20.0. The molecule has 12 nitrogen and oxygen atoms in total. The van der Waals surface area contributed by atoms with Crippen LogP contribution in [-0.4, -0.2) is 81.6 Å². The van der Waals surface area contributed by atoms with Gasteiger partial charge in [-0.3, -0.25) is 9.88 Å². The van der Waals surface area contributed by atoms with Crippen LogP contribution in [0.3, 0.4) is 0 Å². The molecule has 2 aromatic heterocycles. The van der Waals surface area contributed by atoms with Crippen molar-refractivity contribution in [2.45, 2.75) is 37.8 Å². The van der Waals surface area contributed by atoms with E-state index in [-0.39, 0.29) is 31.7 Å². The van der Waals surface area contributed by atoms with E-state index in [0.717, 1.165) is 5.56 Å². The number of amides is 2. The van der Waals surface area contributed by atoms with Crippen molar-refractivity contribution in [2.75, 3.05) is 31.7 Å². The molecule has 2 aliphatic rings. The van der Waals surface area contributed by atoms with Crippen molar-refractivity contribution in [3.63, 3.8) is 0 Å². The highest BCUT2D eigenvalue weighted by molar-refractivity contribution is 14.1. The predicted molar refractivity (Wildman–Crippen MR) is 142 cm³/mol. The largest absolute Gasteiger partial charge is 0.394 e. The summed E-state index contributed by atoms with van der Waals surface area (Å²) in [5, 5.41) is 14.5. The number of nitrogens with one attached hydrogen (secondary N) is 2. The zero-order chi connectivity index (χ0) is 25.8. The fraction of sp³-hybridized carbons (Fsp3) is 0.417. The molecular formula is C24H27IN6O6. The second kappa shape index (κ2) is 11.8. The molecule has 2 aliphatic heterocycles. The van der Waals surface area contributed by atoms with Crippen LogP contribution in [0.4, 0.5) is 10.6 Å². The molecule has 2 fully saturated rings. The van der Waals surface area contributed by atoms with Gasteiger partial charge >= 0.3 is 6.03 Å². The number of nitrogens with zero attached hydrogens (tertiary/aromatic N) is 4. The Kier molecular flexibility index (Phi) is 8.26. The van der Waals surface area contributed by atoms with Crippen molar-refractivity contribution in [3.8, 4) is 0 Å². The van der Waals surface area contributed by atoms with Gasteiger partial charge in [0.05, 0.1) is 19.8 Å². The van der Waals surface area contributed by atoms with Crippen LogP contribution in [0, 0.1) is 3.83 Å². The van der Waals surface area contributed by atoms with E-state index in [1.807, 2.05) is 54.0 Å². The van der Waals surface area contributed by atoms with Crippen LogP contribution in [0.5, 0.6) is 0 Å². The number of aromatic nitrogens is 4. The number of hydrogen-bond acceptors (Lipinski definition) is 9. The van der Waals surface area contributed by atoms with Crippen LogP contribution < -0.4 is 10.6 Å². The van der Waals surface area contributed by atoms with Crippen molar-refractivity contribution in [2.24, 2.45) is 0 Å². The Morgan fingerprint density at radius 1 is 1.22 bits per heavy atom. The first-order valence-corrected chi connectivity index (χ1v) is 13.0. The Bertz CT molecular complexity index is 1260. The Labute approximate surface area is 226 Å². The van der Waals surface area contributed by atoms with Crippen molar-refractivity contribution >= 4 is 51.7 Å². The molecule has 196 valence electrons. The number of benzene rings is 1. The van der Waals surface area contributed by atoms with E-state index in [4.69, 9.17) is 24.1 Å². The molecule has 4 heterocycles. The number of halogens is 1. The molecule has 13 heteroatoms. The molecule has 2 amide bonds. The van der Waals surface area contributed by atoms with Gasteiger partial charge in [0.2, 0.25) is 0 Å². The van der Waals surface area contributed by atoms with E-state index >= 15 is 0 Å². The molecule has 3 N–H and O–H groups in total. The predicted octanol–water partition coefficient (Wildman–Crippen LogP) is 2.30. The van der Waals surface area contributed by atoms with E-state index in [1.54, 1.807) is 0 Å². The molecule has 1 aromatic carbocycles. The number of ether oxygens (including phenoxy) is 4. The quantitative estimate of drug-likeness (QED) is 0.186. The topological polar surface area (TPSA) is 142 Å². The molecule has 0 saturated carbocycles. The van der Waals surface area contributed by atoms with Gasteiger partial charge in [0.1, 0.15) is 24.6 Å². The third kappa shape index (κ3) is 5.61. The van der Waals surface area contributed by atoms with Crippen molar-refractivity contribution in [1.29, 1.82) is 0 Å². The summed E-state index contributed by atoms with van der Waals surface area (Å²) in [6, 6.07) is 9.50. The molecule has 0 bridgehead atoms. The molecule has 5 atom stereocenters. The molecule has 5 rings (SSSR count). The van der Waals surface area contributed by atoms with Crippen LogP contribution in [0.25, 0.3) is 17.2 Å². The Hall–Kier alpha value is -2.69. The summed E-state index contributed by atoms with van der Waals surface area (Å²) >= 11 is 2.10. The number of carbonyl (C=O) groups excluding carboxylic acids is 1. The molecule has 37 heavy (non-hydrogen) atoms. The summed E-state index contributed by atoms with van der Waals surface area (Å²) in [5.74, 6) is 0.289. The zero-order valence-corrected chi connectivity index (χ0v) is 22.1. The molecular weight excluding hydrogens is 595 g/mol. The number of aliphatic hydroxyl groups excluding tert-OH is 1. The van der Waals surface area contributed by atoms with Crippen LogP contribution in [0.15, 0.2) is 42.7 Å². The van der Waals surface area contributed by atoms with Crippen molar-refractivity contribution < 1.29 is 28.8 Å². The molecule has 0 radical (unpaired) electrons. The van der Waals surface area contributed by atoms with Gasteiger partial charge in [0.15, 0.2) is 33.3 Å². The van der Waals surface area contributed by atoms with Gasteiger partial charge in [-0.2, -0.15) is 0 Å². The van der Waals surface area contributed by atoms with E-state index in [1.165, 1.54) is 6.33 Å². The third-order valence-electron chi connectivity index (χ3n) is 5.89. The fourth-order valence-electron chi connectivity index (χ4n) is 4.32. The lowest BCUT2D eigenvalue weighted by Crippen LogP contribution is -2.32. The highest BCUT2D eigenvalue weighted by Gasteiger charge is 2.53. The Balaban J connectivity index is 1.43. The normalized spacial score (nSPS) is 25.1. The maximum atomic E-state index is 12.1. The minimum Gasteiger partial charge on any atom is -0.394 e. The summed E-state index contributed by atoms with van der Waals surface area (Å²) in [7, 11) is 0. The first-order chi connectivity index (χ1) is 18.1. The van der Waals surface area contributed by atoms with E-state index in [9.17, 15) is 4.79 Å². The number of urea groups is 1. The van der Waals surface area contributed by atoms with Crippen molar-refractivity contribution in [3.05, 3.63) is 52.1 Å². The first kappa shape index (κ1) is 25.9. The second-order valence-electron chi connectivity index (χ2n) is 8.33. The van der Waals surface area contributed by atoms with Gasteiger partial charge in [-0.1, -0.05) is 36.4 Å². The lowest BCUT2D eigenvalue weighted by atomic mass is 10.1. The smallest absolute Gasteiger partial charge is 0.320 e. The number of rotatable bonds is 9. The minimum atomic E-state index is -0.619. The highest BCUT2D eigenvalue weighted by Crippen LogP contribution is 2.42. The lowest BCUT2D eigenvalue weighted by Gasteiger charge is -2.21. The van der Waals surface area contributed by atoms with Gasteiger partial charge in [-0.25, -0.2) is 19.7 Å². The second-order valence-corrected chi connectivity index (χ2v) is 9.30. The summed E-state index contributed by atoms with van der Waals surface area (Å²) in [6.07, 6.45) is 2.63. The maximum absolute atomic E-state index is 12.1. The number of hydrogen-bond donors (Lipinski definition) is 3. The van der Waals surface area contributed by atoms with Crippen molar-refractivity contribution in [1.82, 2.24) is 24.8 Å². The maximum Gasteiger partial charge on any atom is 0.320 e. The standard InChI is InChI=1S/C24H27IN6O6/c1-2-26-24(33)30-20-17-21(28-13-27-20)31(23(25)29-17)22-19-18(15(35-22)12-34-11-10-32)36-16(37-19)9-8-14-6-4-3-5-7-14/h3-9,13,15-16,18-19,22,32H,2,10-12H2,1H3,(H2,26,27,28,30,33). The van der Waals surface area contributed by atoms with E-state index in [0.29, 0.717) is 21.5 Å². The molecule has 0 aliphatic carbocycles. The molecule has 2 saturated heterocycles. The van der Waals surface area contributed by atoms with Gasteiger partial charge in [0.25, 0.3) is 0 Å². The molecule has 3 aromatic rings. The average Bonchev–Trinajstić information content (AvgIpc) is 3.56. The van der Waals surface area contributed by atoms with Crippen LogP contribution in [-0.2, 0) is 18.9 Å². The van der Waals surface area contributed by atoms with Gasteiger partial charge < -0.3 is 29.4 Å². The number of carbonyl (C=O) groups is 1. The van der Waals surface area contributed by atoms with Gasteiger partial charge in [-0.05, 0) is 18.6 Å². The third-order valence-corrected chi connectivity index (χ3v) is 6.65. The first-order valence-electron chi connectivity index (χ1n) is 11.9. The van der Waals surface area contributed by atoms with Crippen LogP contribution >= 0.6 is 22.6 Å². The average molecular weight is 622 g/mol. The monoisotopic (exact) mass is 622 g/mol. The lowest BCUT2D eigenvalue weighted by molar-refractivity contribution is -0.139. The highest BCUT2D eigenvalue weighted by atomic mass is 127. The minimum absolute atomic E-state index is 0.0909. The Morgan fingerprint density at radius 2 is 2.03 bits per heavy atom. The van der Waals surface area contributed by atoms with Crippen LogP contribution in [0.1, 0.15) is 18.7 Å². The van der Waals surface area contributed by atoms with E-state index in [2.05, 4.69) is 48.2 Å².